The largest absolute Gasteiger partial charge is 0.497 e. The van der Waals surface area contributed by atoms with Crippen LogP contribution >= 0.6 is 0 Å². The lowest BCUT2D eigenvalue weighted by atomic mass is 9.73. The van der Waals surface area contributed by atoms with Gasteiger partial charge in [0.15, 0.2) is 0 Å². The summed E-state index contributed by atoms with van der Waals surface area (Å²) in [5, 5.41) is 0. The molecule has 21 heavy (non-hydrogen) atoms. The summed E-state index contributed by atoms with van der Waals surface area (Å²) in [5.41, 5.74) is 9.65. The number of rotatable bonds is 3. The number of aromatic nitrogens is 1. The Morgan fingerprint density at radius 2 is 1.90 bits per heavy atom. The molecule has 4 heteroatoms. The Kier molecular flexibility index (Phi) is 3.55. The molecule has 0 bridgehead atoms. The molecule has 0 saturated carbocycles. The molecule has 2 N–H and O–H groups in total. The molecule has 0 spiro atoms. The van der Waals surface area contributed by atoms with Crippen LogP contribution < -0.4 is 15.2 Å². The number of pyridine rings is 1. The first kappa shape index (κ1) is 13.9. The number of nitrogens with zero attached hydrogens (tertiary/aromatic N) is 1. The van der Waals surface area contributed by atoms with E-state index in [1.165, 1.54) is 5.56 Å². The molecular weight excluding hydrogens is 264 g/mol. The van der Waals surface area contributed by atoms with E-state index in [9.17, 15) is 0 Å². The van der Waals surface area contributed by atoms with Crippen LogP contribution in [0.4, 0.5) is 0 Å². The van der Waals surface area contributed by atoms with Crippen LogP contribution in [0.1, 0.15) is 29.5 Å². The van der Waals surface area contributed by atoms with Crippen molar-refractivity contribution in [3.8, 4) is 11.5 Å². The highest BCUT2D eigenvalue weighted by Gasteiger charge is 2.35. The highest BCUT2D eigenvalue weighted by atomic mass is 16.5. The fourth-order valence-electron chi connectivity index (χ4n) is 3.08. The van der Waals surface area contributed by atoms with Crippen molar-refractivity contribution in [2.45, 2.75) is 24.8 Å². The average Bonchev–Trinajstić information content (AvgIpc) is 2.55. The van der Waals surface area contributed by atoms with E-state index in [2.05, 4.69) is 11.1 Å². The number of fused-ring (bicyclic) bond motifs is 1. The molecule has 4 nitrogen and oxygen atoms in total. The second-order valence-electron chi connectivity index (χ2n) is 5.46. The Morgan fingerprint density at radius 1 is 1.10 bits per heavy atom. The minimum atomic E-state index is -0.538. The van der Waals surface area contributed by atoms with E-state index < -0.39 is 5.54 Å². The first-order chi connectivity index (χ1) is 10.2. The number of aryl methyl sites for hydroxylation is 1. The van der Waals surface area contributed by atoms with Gasteiger partial charge in [0.1, 0.15) is 11.5 Å². The molecule has 2 aromatic rings. The van der Waals surface area contributed by atoms with Crippen LogP contribution in [0, 0.1) is 0 Å². The first-order valence-corrected chi connectivity index (χ1v) is 7.13. The van der Waals surface area contributed by atoms with Gasteiger partial charge in [0.05, 0.1) is 26.0 Å². The molecule has 0 saturated heterocycles. The van der Waals surface area contributed by atoms with Crippen molar-refractivity contribution in [1.29, 1.82) is 0 Å². The van der Waals surface area contributed by atoms with E-state index in [4.69, 9.17) is 15.2 Å². The van der Waals surface area contributed by atoms with E-state index >= 15 is 0 Å². The van der Waals surface area contributed by atoms with Gasteiger partial charge in [-0.3, -0.25) is 4.98 Å². The SMILES string of the molecule is COc1cncc(C2(N)CCCc3ccc(OC)cc32)c1. The van der Waals surface area contributed by atoms with Gasteiger partial charge in [-0.05, 0) is 54.2 Å². The monoisotopic (exact) mass is 284 g/mol. The van der Waals surface area contributed by atoms with Crippen LogP contribution in [0.25, 0.3) is 0 Å². The summed E-state index contributed by atoms with van der Waals surface area (Å²) in [5.74, 6) is 1.56. The number of methoxy groups -OCH3 is 2. The first-order valence-electron chi connectivity index (χ1n) is 7.13. The van der Waals surface area contributed by atoms with Crippen molar-refractivity contribution in [2.24, 2.45) is 5.73 Å². The molecule has 3 rings (SSSR count). The third kappa shape index (κ3) is 2.36. The van der Waals surface area contributed by atoms with Gasteiger partial charge in [-0.1, -0.05) is 6.07 Å². The van der Waals surface area contributed by atoms with E-state index in [0.29, 0.717) is 0 Å². The minimum Gasteiger partial charge on any atom is -0.497 e. The lowest BCUT2D eigenvalue weighted by Gasteiger charge is -2.36. The molecule has 1 atom stereocenters. The number of hydrogen-bond acceptors (Lipinski definition) is 4. The topological polar surface area (TPSA) is 57.4 Å². The van der Waals surface area contributed by atoms with Crippen LogP contribution in [0.5, 0.6) is 11.5 Å². The highest BCUT2D eigenvalue weighted by Crippen LogP contribution is 2.40. The van der Waals surface area contributed by atoms with E-state index in [-0.39, 0.29) is 0 Å². The van der Waals surface area contributed by atoms with Crippen LogP contribution in [-0.2, 0) is 12.0 Å². The van der Waals surface area contributed by atoms with Gasteiger partial charge in [-0.15, -0.1) is 0 Å². The summed E-state index contributed by atoms with van der Waals surface area (Å²) in [6.07, 6.45) is 6.53. The second kappa shape index (κ2) is 5.37. The molecule has 1 aromatic carbocycles. The summed E-state index contributed by atoms with van der Waals surface area (Å²) < 4.78 is 10.6. The summed E-state index contributed by atoms with van der Waals surface area (Å²) in [6, 6.07) is 8.13. The average molecular weight is 284 g/mol. The molecule has 0 amide bonds. The van der Waals surface area contributed by atoms with Gasteiger partial charge < -0.3 is 15.2 Å². The van der Waals surface area contributed by atoms with Crippen molar-refractivity contribution in [3.05, 3.63) is 53.3 Å². The minimum absolute atomic E-state index is 0.538. The van der Waals surface area contributed by atoms with Crippen molar-refractivity contribution in [3.63, 3.8) is 0 Å². The molecule has 0 fully saturated rings. The number of ether oxygens (including phenoxy) is 2. The Morgan fingerprint density at radius 3 is 2.67 bits per heavy atom. The summed E-state index contributed by atoms with van der Waals surface area (Å²) in [6.45, 7) is 0. The maximum atomic E-state index is 6.79. The van der Waals surface area contributed by atoms with Crippen LogP contribution in [0.15, 0.2) is 36.7 Å². The fraction of sp³-hybridized carbons (Fsp3) is 0.353. The van der Waals surface area contributed by atoms with Gasteiger partial charge in [-0.2, -0.15) is 0 Å². The molecule has 0 radical (unpaired) electrons. The second-order valence-corrected chi connectivity index (χ2v) is 5.46. The lowest BCUT2D eigenvalue weighted by molar-refractivity contribution is 0.398. The number of benzene rings is 1. The normalized spacial score (nSPS) is 20.7. The highest BCUT2D eigenvalue weighted by molar-refractivity contribution is 5.48. The van der Waals surface area contributed by atoms with Crippen molar-refractivity contribution < 1.29 is 9.47 Å². The van der Waals surface area contributed by atoms with Gasteiger partial charge in [-0.25, -0.2) is 0 Å². The quantitative estimate of drug-likeness (QED) is 0.941. The molecule has 1 aliphatic carbocycles. The standard InChI is InChI=1S/C17H20N2O2/c1-20-14-6-5-12-4-3-7-17(18,16(12)9-14)13-8-15(21-2)11-19-10-13/h5-6,8-11H,3-4,7,18H2,1-2H3. The van der Waals surface area contributed by atoms with Gasteiger partial charge in [0, 0.05) is 6.20 Å². The smallest absolute Gasteiger partial charge is 0.137 e. The third-order valence-electron chi connectivity index (χ3n) is 4.28. The Labute approximate surface area is 124 Å². The molecule has 110 valence electrons. The summed E-state index contributed by atoms with van der Waals surface area (Å²) in [7, 11) is 3.32. The summed E-state index contributed by atoms with van der Waals surface area (Å²) >= 11 is 0. The maximum Gasteiger partial charge on any atom is 0.137 e. The molecule has 1 aromatic heterocycles. The molecule has 1 aliphatic rings. The Hall–Kier alpha value is -2.07. The third-order valence-corrected chi connectivity index (χ3v) is 4.28. The Balaban J connectivity index is 2.13. The van der Waals surface area contributed by atoms with E-state index in [1.807, 2.05) is 24.4 Å². The van der Waals surface area contributed by atoms with Crippen molar-refractivity contribution >= 4 is 0 Å². The molecule has 1 heterocycles. The van der Waals surface area contributed by atoms with E-state index in [0.717, 1.165) is 41.9 Å². The number of nitrogens with two attached hydrogens (primary N) is 1. The van der Waals surface area contributed by atoms with E-state index in [1.54, 1.807) is 20.4 Å². The predicted octanol–water partition coefficient (Wildman–Crippen LogP) is 2.64. The van der Waals surface area contributed by atoms with Crippen molar-refractivity contribution in [1.82, 2.24) is 4.98 Å². The van der Waals surface area contributed by atoms with Gasteiger partial charge in [0.25, 0.3) is 0 Å². The molecule has 1 unspecified atom stereocenters. The van der Waals surface area contributed by atoms with Crippen LogP contribution in [0.2, 0.25) is 0 Å². The zero-order valence-electron chi connectivity index (χ0n) is 12.4. The molecule has 0 aliphatic heterocycles. The lowest BCUT2D eigenvalue weighted by Crippen LogP contribution is -2.41. The Bertz CT molecular complexity index is 657. The zero-order chi connectivity index (χ0) is 14.9. The number of hydrogen-bond donors (Lipinski definition) is 1. The summed E-state index contributed by atoms with van der Waals surface area (Å²) in [4.78, 5) is 4.26. The fourth-order valence-corrected chi connectivity index (χ4v) is 3.08. The van der Waals surface area contributed by atoms with Crippen LogP contribution in [-0.4, -0.2) is 19.2 Å². The van der Waals surface area contributed by atoms with Gasteiger partial charge >= 0.3 is 0 Å². The van der Waals surface area contributed by atoms with Crippen LogP contribution in [0.3, 0.4) is 0 Å². The van der Waals surface area contributed by atoms with Crippen molar-refractivity contribution in [2.75, 3.05) is 14.2 Å². The van der Waals surface area contributed by atoms with Gasteiger partial charge in [0.2, 0.25) is 0 Å². The predicted molar refractivity (Wildman–Crippen MR) is 81.7 cm³/mol. The maximum absolute atomic E-state index is 6.79. The molecular formula is C17H20N2O2. The zero-order valence-corrected chi connectivity index (χ0v) is 12.4.